The monoisotopic (exact) mass is 541 g/mol. The molecule has 1 amide bonds. The van der Waals surface area contributed by atoms with Gasteiger partial charge in [-0.3, -0.25) is 4.79 Å². The lowest BCUT2D eigenvalue weighted by Gasteiger charge is -2.32. The predicted molar refractivity (Wildman–Crippen MR) is 148 cm³/mol. The molecule has 2 unspecified atom stereocenters. The Morgan fingerprint density at radius 1 is 1.14 bits per heavy atom. The van der Waals surface area contributed by atoms with Crippen LogP contribution < -0.4 is 5.32 Å². The fourth-order valence-corrected chi connectivity index (χ4v) is 5.18. The smallest absolute Gasteiger partial charge is 0.257 e. The molecule has 5 nitrogen and oxygen atoms in total. The third kappa shape index (κ3) is 6.80. The fourth-order valence-electron chi connectivity index (χ4n) is 4.14. The van der Waals surface area contributed by atoms with Gasteiger partial charge in [-0.25, -0.2) is 0 Å². The van der Waals surface area contributed by atoms with Crippen LogP contribution in [0.2, 0.25) is 23.1 Å². The van der Waals surface area contributed by atoms with E-state index in [0.717, 1.165) is 18.4 Å². The molecule has 0 fully saturated rings. The van der Waals surface area contributed by atoms with E-state index in [-0.39, 0.29) is 28.2 Å². The minimum absolute atomic E-state index is 0.0424. The molecule has 0 aliphatic heterocycles. The van der Waals surface area contributed by atoms with Gasteiger partial charge in [-0.15, -0.1) is 0 Å². The summed E-state index contributed by atoms with van der Waals surface area (Å²) < 4.78 is 6.35. The van der Waals surface area contributed by atoms with Crippen molar-refractivity contribution in [3.05, 3.63) is 75.3 Å². The first-order chi connectivity index (χ1) is 16.9. The van der Waals surface area contributed by atoms with Crippen molar-refractivity contribution in [2.75, 3.05) is 0 Å². The Hall–Kier alpha value is -2.56. The molecule has 3 aromatic rings. The first-order valence-electron chi connectivity index (χ1n) is 11.8. The number of carbonyl (C=O) groups excluding carboxylic acids is 1. The zero-order valence-electron chi connectivity index (χ0n) is 21.2. The van der Waals surface area contributed by atoms with Crippen molar-refractivity contribution >= 4 is 48.9 Å². The number of amides is 1. The highest BCUT2D eigenvalue weighted by molar-refractivity contribution is 6.48. The van der Waals surface area contributed by atoms with E-state index in [1.807, 2.05) is 37.4 Å². The first-order valence-corrected chi connectivity index (χ1v) is 14.9. The molecule has 3 aromatic carbocycles. The second kappa shape index (κ2) is 11.7. The number of nitrogens with one attached hydrogen (secondary N) is 1. The van der Waals surface area contributed by atoms with Crippen LogP contribution in [-0.4, -0.2) is 26.3 Å². The molecule has 0 bridgehead atoms. The van der Waals surface area contributed by atoms with Gasteiger partial charge in [-0.1, -0.05) is 74.3 Å². The van der Waals surface area contributed by atoms with E-state index < -0.39 is 21.2 Å². The van der Waals surface area contributed by atoms with Crippen LogP contribution in [0.3, 0.4) is 0 Å². The summed E-state index contributed by atoms with van der Waals surface area (Å²) in [5, 5.41) is 25.5. The summed E-state index contributed by atoms with van der Waals surface area (Å²) >= 11 is 12.5. The van der Waals surface area contributed by atoms with E-state index in [9.17, 15) is 15.2 Å². The third-order valence-corrected chi connectivity index (χ3v) is 7.41. The summed E-state index contributed by atoms with van der Waals surface area (Å²) in [6.45, 7) is 10.5. The molecule has 0 saturated carbocycles. The van der Waals surface area contributed by atoms with E-state index in [1.165, 1.54) is 0 Å². The molecule has 0 saturated heterocycles. The molecule has 0 heterocycles. The van der Waals surface area contributed by atoms with E-state index in [2.05, 4.69) is 26.1 Å². The Bertz CT molecular complexity index is 1300. The lowest BCUT2D eigenvalue weighted by molar-refractivity contribution is 0.0758. The van der Waals surface area contributed by atoms with Gasteiger partial charge in [0.15, 0.2) is 0 Å². The summed E-state index contributed by atoms with van der Waals surface area (Å²) in [5.74, 6) is -1.06. The van der Waals surface area contributed by atoms with Crippen LogP contribution in [0.5, 0.6) is 5.75 Å². The Morgan fingerprint density at radius 2 is 1.83 bits per heavy atom. The quantitative estimate of drug-likeness (QED) is 0.226. The predicted octanol–water partition coefficient (Wildman–Crippen LogP) is 7.66. The van der Waals surface area contributed by atoms with Crippen molar-refractivity contribution in [2.24, 2.45) is 5.41 Å². The van der Waals surface area contributed by atoms with Gasteiger partial charge in [-0.05, 0) is 65.9 Å². The maximum Gasteiger partial charge on any atom is 0.257 e. The van der Waals surface area contributed by atoms with Gasteiger partial charge in [-0.2, -0.15) is 5.26 Å². The Morgan fingerprint density at radius 3 is 2.44 bits per heavy atom. The zero-order chi connectivity index (χ0) is 26.6. The number of rotatable bonds is 8. The SMILES string of the molecule is C[Si](C)OC(NC(=O)c1c(O)c(C#N)cc2ccccc12)C(CCC(C)(C)C)c1ccc(Cl)c(Cl)c1. The summed E-state index contributed by atoms with van der Waals surface area (Å²) in [6, 6.07) is 16.2. The standard InChI is InChI=1S/C28H31Cl2N2O3Si/c1-28(2,3)13-12-21(18-10-11-22(29)23(30)15-18)27(35-36(4)5)32-26(34)24-20-9-7-6-8-17(20)14-19(16-31)25(24)33/h6-11,14-15,21,27,33H,12-13H2,1-5H3,(H,32,34). The minimum atomic E-state index is -1.24. The van der Waals surface area contributed by atoms with Gasteiger partial charge in [0.05, 0.1) is 21.2 Å². The van der Waals surface area contributed by atoms with Gasteiger partial charge >= 0.3 is 0 Å². The number of hydrogen-bond donors (Lipinski definition) is 2. The van der Waals surface area contributed by atoms with Crippen LogP contribution >= 0.6 is 23.2 Å². The molecular weight excluding hydrogens is 511 g/mol. The minimum Gasteiger partial charge on any atom is -0.506 e. The number of halogens is 2. The number of hydrogen-bond acceptors (Lipinski definition) is 4. The molecular formula is C28H31Cl2N2O3Si. The van der Waals surface area contributed by atoms with Crippen LogP contribution in [0.1, 0.15) is 61.0 Å². The van der Waals surface area contributed by atoms with Crippen LogP contribution in [0.15, 0.2) is 48.5 Å². The number of phenols is 1. The summed E-state index contributed by atoms with van der Waals surface area (Å²) in [5.41, 5.74) is 1.07. The van der Waals surface area contributed by atoms with Crippen molar-refractivity contribution in [2.45, 2.75) is 58.9 Å². The molecule has 0 spiro atoms. The molecule has 0 aliphatic carbocycles. The van der Waals surface area contributed by atoms with E-state index in [4.69, 9.17) is 27.6 Å². The van der Waals surface area contributed by atoms with Crippen molar-refractivity contribution in [1.82, 2.24) is 5.32 Å². The normalized spacial score (nSPS) is 13.4. The Balaban J connectivity index is 2.08. The molecule has 0 aromatic heterocycles. The van der Waals surface area contributed by atoms with E-state index in [0.29, 0.717) is 20.8 Å². The third-order valence-electron chi connectivity index (χ3n) is 5.95. The molecule has 36 heavy (non-hydrogen) atoms. The number of carbonyl (C=O) groups is 1. The Labute approximate surface area is 224 Å². The van der Waals surface area contributed by atoms with Crippen molar-refractivity contribution in [3.63, 3.8) is 0 Å². The summed E-state index contributed by atoms with van der Waals surface area (Å²) in [4.78, 5) is 13.7. The highest BCUT2D eigenvalue weighted by Gasteiger charge is 2.30. The second-order valence-corrected chi connectivity index (χ2v) is 13.1. The van der Waals surface area contributed by atoms with Crippen molar-refractivity contribution in [1.29, 1.82) is 5.26 Å². The topological polar surface area (TPSA) is 82.3 Å². The van der Waals surface area contributed by atoms with Gasteiger partial charge in [0.2, 0.25) is 9.04 Å². The van der Waals surface area contributed by atoms with Crippen LogP contribution in [0, 0.1) is 16.7 Å². The first kappa shape index (κ1) is 28.0. The molecule has 2 atom stereocenters. The highest BCUT2D eigenvalue weighted by Crippen LogP contribution is 2.36. The van der Waals surface area contributed by atoms with Crippen molar-refractivity contribution < 1.29 is 14.3 Å². The van der Waals surface area contributed by atoms with Gasteiger partial charge in [0.25, 0.3) is 5.91 Å². The molecule has 3 rings (SSSR count). The average Bonchev–Trinajstić information content (AvgIpc) is 2.79. The van der Waals surface area contributed by atoms with Gasteiger partial charge in [0.1, 0.15) is 18.0 Å². The number of nitriles is 1. The number of aromatic hydroxyl groups is 1. The number of nitrogens with zero attached hydrogens (tertiary/aromatic N) is 1. The van der Waals surface area contributed by atoms with Crippen LogP contribution in [0.25, 0.3) is 10.8 Å². The van der Waals surface area contributed by atoms with Crippen molar-refractivity contribution in [3.8, 4) is 11.8 Å². The fraction of sp³-hybridized carbons (Fsp3) is 0.357. The van der Waals surface area contributed by atoms with Crippen LogP contribution in [0.4, 0.5) is 0 Å². The highest BCUT2D eigenvalue weighted by atomic mass is 35.5. The maximum atomic E-state index is 13.7. The molecule has 189 valence electrons. The average molecular weight is 543 g/mol. The van der Waals surface area contributed by atoms with Gasteiger partial charge < -0.3 is 14.8 Å². The molecule has 2 N–H and O–H groups in total. The maximum absolute atomic E-state index is 13.7. The lowest BCUT2D eigenvalue weighted by atomic mass is 9.83. The summed E-state index contributed by atoms with van der Waals surface area (Å²) in [6.07, 6.45) is 0.929. The lowest BCUT2D eigenvalue weighted by Crippen LogP contribution is -2.44. The van der Waals surface area contributed by atoms with Gasteiger partial charge in [0, 0.05) is 5.92 Å². The zero-order valence-corrected chi connectivity index (χ0v) is 23.7. The Kier molecular flexibility index (Phi) is 9.07. The number of fused-ring (bicyclic) bond motifs is 1. The largest absolute Gasteiger partial charge is 0.506 e. The van der Waals surface area contributed by atoms with E-state index >= 15 is 0 Å². The molecule has 0 aliphatic rings. The number of benzene rings is 3. The second-order valence-electron chi connectivity index (χ2n) is 10.3. The van der Waals surface area contributed by atoms with Crippen LogP contribution in [-0.2, 0) is 4.43 Å². The molecule has 8 heteroatoms. The summed E-state index contributed by atoms with van der Waals surface area (Å²) in [7, 11) is -1.24. The van der Waals surface area contributed by atoms with E-state index in [1.54, 1.807) is 30.3 Å². The number of phenolic OH excluding ortho intramolecular Hbond substituents is 1. The molecule has 1 radical (unpaired) electrons.